The zero-order chi connectivity index (χ0) is 11.4. The summed E-state index contributed by atoms with van der Waals surface area (Å²) in [7, 11) is 0. The third-order valence-electron chi connectivity index (χ3n) is 4.58. The molecule has 0 radical (unpaired) electrons. The molecule has 2 saturated carbocycles. The van der Waals surface area contributed by atoms with Gasteiger partial charge in [0.1, 0.15) is 0 Å². The van der Waals surface area contributed by atoms with Gasteiger partial charge in [-0.3, -0.25) is 0 Å². The van der Waals surface area contributed by atoms with Crippen molar-refractivity contribution in [3.05, 3.63) is 0 Å². The third kappa shape index (κ3) is 3.21. The summed E-state index contributed by atoms with van der Waals surface area (Å²) < 4.78 is 0. The van der Waals surface area contributed by atoms with E-state index in [0.29, 0.717) is 0 Å². The van der Waals surface area contributed by atoms with Gasteiger partial charge in [0.2, 0.25) is 0 Å². The van der Waals surface area contributed by atoms with E-state index in [1.165, 1.54) is 38.5 Å². The van der Waals surface area contributed by atoms with Gasteiger partial charge < -0.3 is 10.2 Å². The maximum atomic E-state index is 10.2. The van der Waals surface area contributed by atoms with Gasteiger partial charge in [0, 0.05) is 5.92 Å². The standard InChI is InChI=1S/C14H26O2/c15-13-9-5-4-8-12(13)14(16)10-11-6-2-1-3-7-11/h11-16H,1-10H2. The van der Waals surface area contributed by atoms with Crippen LogP contribution < -0.4 is 0 Å². The second kappa shape index (κ2) is 6.02. The fraction of sp³-hybridized carbons (Fsp3) is 1.00. The lowest BCUT2D eigenvalue weighted by Crippen LogP contribution is -2.35. The van der Waals surface area contributed by atoms with Gasteiger partial charge in [-0.1, -0.05) is 44.9 Å². The predicted molar refractivity (Wildman–Crippen MR) is 65.2 cm³/mol. The lowest BCUT2D eigenvalue weighted by molar-refractivity contribution is -0.0240. The SMILES string of the molecule is OC1CCCCC1C(O)CC1CCCCC1. The lowest BCUT2D eigenvalue weighted by atomic mass is 9.77. The maximum Gasteiger partial charge on any atom is 0.0595 e. The first-order chi connectivity index (χ1) is 7.77. The summed E-state index contributed by atoms with van der Waals surface area (Å²) in [4.78, 5) is 0. The molecule has 2 nitrogen and oxygen atoms in total. The van der Waals surface area contributed by atoms with E-state index in [1.807, 2.05) is 0 Å². The van der Waals surface area contributed by atoms with Crippen molar-refractivity contribution in [2.45, 2.75) is 76.4 Å². The average molecular weight is 226 g/mol. The Morgan fingerprint density at radius 3 is 2.19 bits per heavy atom. The number of hydrogen-bond donors (Lipinski definition) is 2. The molecular weight excluding hydrogens is 200 g/mol. The van der Waals surface area contributed by atoms with E-state index in [1.54, 1.807) is 0 Å². The van der Waals surface area contributed by atoms with Crippen molar-refractivity contribution in [2.75, 3.05) is 0 Å². The topological polar surface area (TPSA) is 40.5 Å². The van der Waals surface area contributed by atoms with Gasteiger partial charge in [-0.2, -0.15) is 0 Å². The number of aliphatic hydroxyl groups excluding tert-OH is 2. The van der Waals surface area contributed by atoms with E-state index >= 15 is 0 Å². The van der Waals surface area contributed by atoms with Gasteiger partial charge in [-0.25, -0.2) is 0 Å². The highest BCUT2D eigenvalue weighted by atomic mass is 16.3. The second-order valence-electron chi connectivity index (χ2n) is 5.82. The highest BCUT2D eigenvalue weighted by molar-refractivity contribution is 4.82. The Balaban J connectivity index is 1.78. The largest absolute Gasteiger partial charge is 0.393 e. The summed E-state index contributed by atoms with van der Waals surface area (Å²) >= 11 is 0. The molecule has 16 heavy (non-hydrogen) atoms. The van der Waals surface area contributed by atoms with Crippen molar-refractivity contribution in [1.82, 2.24) is 0 Å². The minimum Gasteiger partial charge on any atom is -0.393 e. The Bertz CT molecular complexity index is 199. The van der Waals surface area contributed by atoms with Crippen molar-refractivity contribution in [1.29, 1.82) is 0 Å². The normalized spacial score (nSPS) is 34.9. The molecular formula is C14H26O2. The van der Waals surface area contributed by atoms with E-state index in [4.69, 9.17) is 0 Å². The Hall–Kier alpha value is -0.0800. The van der Waals surface area contributed by atoms with Crippen molar-refractivity contribution in [3.63, 3.8) is 0 Å². The molecule has 0 saturated heterocycles. The van der Waals surface area contributed by atoms with E-state index in [-0.39, 0.29) is 18.1 Å². The first-order valence-electron chi connectivity index (χ1n) is 7.13. The molecule has 0 spiro atoms. The van der Waals surface area contributed by atoms with E-state index in [2.05, 4.69) is 0 Å². The number of hydrogen-bond acceptors (Lipinski definition) is 2. The van der Waals surface area contributed by atoms with Gasteiger partial charge in [0.15, 0.2) is 0 Å². The molecule has 3 atom stereocenters. The summed E-state index contributed by atoms with van der Waals surface area (Å²) in [6.07, 6.45) is 11.3. The van der Waals surface area contributed by atoms with E-state index in [9.17, 15) is 10.2 Å². The summed E-state index contributed by atoms with van der Waals surface area (Å²) in [6, 6.07) is 0. The van der Waals surface area contributed by atoms with Crippen LogP contribution in [0, 0.1) is 11.8 Å². The summed E-state index contributed by atoms with van der Waals surface area (Å²) in [6.45, 7) is 0. The fourth-order valence-corrected chi connectivity index (χ4v) is 3.53. The molecule has 2 aliphatic carbocycles. The second-order valence-corrected chi connectivity index (χ2v) is 5.82. The smallest absolute Gasteiger partial charge is 0.0595 e. The Morgan fingerprint density at radius 2 is 1.50 bits per heavy atom. The van der Waals surface area contributed by atoms with Crippen molar-refractivity contribution in [2.24, 2.45) is 11.8 Å². The van der Waals surface area contributed by atoms with Crippen molar-refractivity contribution >= 4 is 0 Å². The average Bonchev–Trinajstić information content (AvgIpc) is 2.31. The molecule has 0 heterocycles. The van der Waals surface area contributed by atoms with Crippen LogP contribution in [-0.2, 0) is 0 Å². The summed E-state index contributed by atoms with van der Waals surface area (Å²) in [5.41, 5.74) is 0. The molecule has 3 unspecified atom stereocenters. The molecule has 2 aliphatic rings. The van der Waals surface area contributed by atoms with Gasteiger partial charge >= 0.3 is 0 Å². The van der Waals surface area contributed by atoms with Crippen LogP contribution in [0.4, 0.5) is 0 Å². The van der Waals surface area contributed by atoms with E-state index in [0.717, 1.165) is 31.6 Å². The van der Waals surface area contributed by atoms with Crippen LogP contribution in [0.15, 0.2) is 0 Å². The lowest BCUT2D eigenvalue weighted by Gasteiger charge is -2.34. The zero-order valence-corrected chi connectivity index (χ0v) is 10.3. The molecule has 2 fully saturated rings. The van der Waals surface area contributed by atoms with Crippen LogP contribution in [0.3, 0.4) is 0 Å². The summed E-state index contributed by atoms with van der Waals surface area (Å²) in [5, 5.41) is 20.1. The minimum absolute atomic E-state index is 0.163. The molecule has 0 aromatic heterocycles. The Kier molecular flexibility index (Phi) is 4.66. The highest BCUT2D eigenvalue weighted by Gasteiger charge is 2.31. The molecule has 2 heteroatoms. The highest BCUT2D eigenvalue weighted by Crippen LogP contribution is 2.33. The molecule has 2 N–H and O–H groups in total. The molecule has 0 bridgehead atoms. The van der Waals surface area contributed by atoms with Crippen LogP contribution in [0.2, 0.25) is 0 Å². The van der Waals surface area contributed by atoms with Gasteiger partial charge in [0.05, 0.1) is 12.2 Å². The molecule has 0 aliphatic heterocycles. The van der Waals surface area contributed by atoms with E-state index < -0.39 is 0 Å². The molecule has 2 rings (SSSR count). The maximum absolute atomic E-state index is 10.2. The number of rotatable bonds is 3. The fourth-order valence-electron chi connectivity index (χ4n) is 3.53. The molecule has 0 aromatic rings. The number of aliphatic hydroxyl groups is 2. The van der Waals surface area contributed by atoms with Crippen molar-refractivity contribution < 1.29 is 10.2 Å². The molecule has 0 amide bonds. The zero-order valence-electron chi connectivity index (χ0n) is 10.3. The first-order valence-corrected chi connectivity index (χ1v) is 7.13. The van der Waals surface area contributed by atoms with Gasteiger partial charge in [-0.15, -0.1) is 0 Å². The van der Waals surface area contributed by atoms with Crippen molar-refractivity contribution in [3.8, 4) is 0 Å². The van der Waals surface area contributed by atoms with Crippen LogP contribution >= 0.6 is 0 Å². The first kappa shape index (κ1) is 12.4. The van der Waals surface area contributed by atoms with Crippen LogP contribution in [0.1, 0.15) is 64.2 Å². The molecule has 94 valence electrons. The Morgan fingerprint density at radius 1 is 0.875 bits per heavy atom. The Labute approximate surface area is 99.1 Å². The third-order valence-corrected chi connectivity index (χ3v) is 4.58. The van der Waals surface area contributed by atoms with Crippen LogP contribution in [0.5, 0.6) is 0 Å². The van der Waals surface area contributed by atoms with Gasteiger partial charge in [-0.05, 0) is 25.2 Å². The monoisotopic (exact) mass is 226 g/mol. The quantitative estimate of drug-likeness (QED) is 0.777. The predicted octanol–water partition coefficient (Wildman–Crippen LogP) is 2.87. The minimum atomic E-state index is -0.251. The van der Waals surface area contributed by atoms with Gasteiger partial charge in [0.25, 0.3) is 0 Å². The molecule has 0 aromatic carbocycles. The van der Waals surface area contributed by atoms with Crippen LogP contribution in [0.25, 0.3) is 0 Å². The summed E-state index contributed by atoms with van der Waals surface area (Å²) in [5.74, 6) is 0.883. The van der Waals surface area contributed by atoms with Crippen LogP contribution in [-0.4, -0.2) is 22.4 Å².